The summed E-state index contributed by atoms with van der Waals surface area (Å²) < 4.78 is 35.4. The maximum atomic E-state index is 11.8. The molecule has 0 aliphatic heterocycles. The molecule has 15 heavy (non-hydrogen) atoms. The first-order chi connectivity index (χ1) is 6.67. The molecular formula is C7H6F3NO4. The van der Waals surface area contributed by atoms with Crippen LogP contribution in [-0.4, -0.2) is 34.5 Å². The van der Waals surface area contributed by atoms with E-state index in [0.29, 0.717) is 0 Å². The lowest BCUT2D eigenvalue weighted by molar-refractivity contribution is -0.180. The van der Waals surface area contributed by atoms with Gasteiger partial charge in [-0.1, -0.05) is 0 Å². The highest BCUT2D eigenvalue weighted by molar-refractivity contribution is 6.03. The van der Waals surface area contributed by atoms with E-state index in [0.717, 1.165) is 0 Å². The number of aliphatic carboxylic acids is 1. The molecule has 84 valence electrons. The molecule has 0 bridgehead atoms. The fraction of sp³-hybridized carbons (Fsp3) is 0.571. The third-order valence-electron chi connectivity index (χ3n) is 2.02. The van der Waals surface area contributed by atoms with Gasteiger partial charge in [0.15, 0.2) is 5.54 Å². The minimum Gasteiger partial charge on any atom is -0.479 e. The molecule has 0 radical (unpaired) electrons. The standard InChI is InChI=1S/C7H6F3NO4/c8-7(9,10)4(13)11-6(5(14)15)1-3(12)2-6/h1-2H2,(H,11,13)(H,14,15). The Morgan fingerprint density at radius 1 is 1.33 bits per heavy atom. The summed E-state index contributed by atoms with van der Waals surface area (Å²) in [6, 6.07) is 0. The first kappa shape index (κ1) is 11.5. The van der Waals surface area contributed by atoms with Crippen LogP contribution in [0.1, 0.15) is 12.8 Å². The van der Waals surface area contributed by atoms with Gasteiger partial charge in [0.05, 0.1) is 0 Å². The lowest BCUT2D eigenvalue weighted by Crippen LogP contribution is -2.64. The van der Waals surface area contributed by atoms with Gasteiger partial charge in [-0.15, -0.1) is 0 Å². The van der Waals surface area contributed by atoms with Crippen molar-refractivity contribution in [3.8, 4) is 0 Å². The summed E-state index contributed by atoms with van der Waals surface area (Å²) >= 11 is 0. The molecule has 1 aliphatic rings. The van der Waals surface area contributed by atoms with Gasteiger partial charge in [-0.3, -0.25) is 9.59 Å². The Morgan fingerprint density at radius 3 is 2.07 bits per heavy atom. The van der Waals surface area contributed by atoms with E-state index in [2.05, 4.69) is 0 Å². The fourth-order valence-electron chi connectivity index (χ4n) is 1.20. The average molecular weight is 225 g/mol. The number of Topliss-reactive ketones (excluding diaryl/α,β-unsaturated/α-hetero) is 1. The molecule has 0 aromatic rings. The van der Waals surface area contributed by atoms with Crippen molar-refractivity contribution in [2.24, 2.45) is 0 Å². The van der Waals surface area contributed by atoms with Crippen molar-refractivity contribution >= 4 is 17.7 Å². The van der Waals surface area contributed by atoms with Crippen molar-refractivity contribution in [2.45, 2.75) is 24.6 Å². The number of hydrogen-bond donors (Lipinski definition) is 2. The molecule has 1 amide bonds. The zero-order valence-electron chi connectivity index (χ0n) is 7.22. The second-order valence-corrected chi connectivity index (χ2v) is 3.23. The number of carbonyl (C=O) groups excluding carboxylic acids is 2. The molecule has 2 N–H and O–H groups in total. The topological polar surface area (TPSA) is 83.5 Å². The number of nitrogens with one attached hydrogen (secondary N) is 1. The second-order valence-electron chi connectivity index (χ2n) is 3.23. The van der Waals surface area contributed by atoms with E-state index < -0.39 is 42.2 Å². The van der Waals surface area contributed by atoms with Gasteiger partial charge in [-0.25, -0.2) is 4.79 Å². The zero-order valence-corrected chi connectivity index (χ0v) is 7.22. The highest BCUT2D eigenvalue weighted by Crippen LogP contribution is 2.30. The maximum Gasteiger partial charge on any atom is 0.471 e. The quantitative estimate of drug-likeness (QED) is 0.684. The summed E-state index contributed by atoms with van der Waals surface area (Å²) in [5, 5.41) is 9.90. The van der Waals surface area contributed by atoms with Crippen LogP contribution in [0, 0.1) is 0 Å². The SMILES string of the molecule is O=C1CC(NC(=O)C(F)(F)F)(C(=O)O)C1. The van der Waals surface area contributed by atoms with Crippen molar-refractivity contribution in [3.63, 3.8) is 0 Å². The van der Waals surface area contributed by atoms with Crippen molar-refractivity contribution < 1.29 is 32.7 Å². The summed E-state index contributed by atoms with van der Waals surface area (Å²) in [5.41, 5.74) is -2.08. The van der Waals surface area contributed by atoms with Crippen LogP contribution in [-0.2, 0) is 14.4 Å². The van der Waals surface area contributed by atoms with E-state index >= 15 is 0 Å². The minimum absolute atomic E-state index is 0.500. The van der Waals surface area contributed by atoms with Crippen LogP contribution in [0.15, 0.2) is 0 Å². The molecule has 0 spiro atoms. The van der Waals surface area contributed by atoms with Gasteiger partial charge in [0.2, 0.25) is 0 Å². The van der Waals surface area contributed by atoms with E-state index in [1.165, 1.54) is 5.32 Å². The van der Waals surface area contributed by atoms with E-state index in [4.69, 9.17) is 5.11 Å². The van der Waals surface area contributed by atoms with E-state index in [-0.39, 0.29) is 0 Å². The molecule has 1 fully saturated rings. The molecule has 1 saturated carbocycles. The number of carboxylic acids is 1. The molecule has 5 nitrogen and oxygen atoms in total. The van der Waals surface area contributed by atoms with Crippen LogP contribution in [0.2, 0.25) is 0 Å². The summed E-state index contributed by atoms with van der Waals surface area (Å²) in [6.45, 7) is 0. The predicted octanol–water partition coefficient (Wildman–Crippen LogP) is -0.149. The molecule has 8 heteroatoms. The monoisotopic (exact) mass is 225 g/mol. The molecule has 0 heterocycles. The highest BCUT2D eigenvalue weighted by atomic mass is 19.4. The van der Waals surface area contributed by atoms with Gasteiger partial charge in [0.1, 0.15) is 5.78 Å². The van der Waals surface area contributed by atoms with Crippen LogP contribution < -0.4 is 5.32 Å². The first-order valence-electron chi connectivity index (χ1n) is 3.82. The van der Waals surface area contributed by atoms with Gasteiger partial charge in [-0.05, 0) is 0 Å². The first-order valence-corrected chi connectivity index (χ1v) is 3.82. The average Bonchev–Trinajstić information content (AvgIpc) is 1.98. The molecule has 0 aromatic carbocycles. The Bertz CT molecular complexity index is 328. The summed E-state index contributed by atoms with van der Waals surface area (Å²) in [6.07, 6.45) is -6.37. The third kappa shape index (κ3) is 2.08. The Kier molecular flexibility index (Phi) is 2.46. The number of hydrogen-bond acceptors (Lipinski definition) is 3. The minimum atomic E-state index is -5.15. The van der Waals surface area contributed by atoms with Crippen molar-refractivity contribution in [2.75, 3.05) is 0 Å². The van der Waals surface area contributed by atoms with Crippen molar-refractivity contribution in [1.29, 1.82) is 0 Å². The number of rotatable bonds is 2. The van der Waals surface area contributed by atoms with Gasteiger partial charge in [0, 0.05) is 12.8 Å². The molecule has 0 saturated heterocycles. The smallest absolute Gasteiger partial charge is 0.471 e. The molecule has 1 rings (SSSR count). The van der Waals surface area contributed by atoms with Gasteiger partial charge < -0.3 is 10.4 Å². The molecule has 0 atom stereocenters. The predicted molar refractivity (Wildman–Crippen MR) is 38.8 cm³/mol. The lowest BCUT2D eigenvalue weighted by Gasteiger charge is -2.36. The number of carbonyl (C=O) groups is 3. The summed E-state index contributed by atoms with van der Waals surface area (Å²) in [5.74, 6) is -4.49. The molecular weight excluding hydrogens is 219 g/mol. The number of ketones is 1. The zero-order chi connectivity index (χ0) is 11.9. The van der Waals surface area contributed by atoms with Crippen molar-refractivity contribution in [1.82, 2.24) is 5.32 Å². The van der Waals surface area contributed by atoms with Gasteiger partial charge in [-0.2, -0.15) is 13.2 Å². The summed E-state index contributed by atoms with van der Waals surface area (Å²) in [4.78, 5) is 31.6. The van der Waals surface area contributed by atoms with E-state index in [9.17, 15) is 27.6 Å². The van der Waals surface area contributed by atoms with Crippen LogP contribution in [0.5, 0.6) is 0 Å². The largest absolute Gasteiger partial charge is 0.479 e. The van der Waals surface area contributed by atoms with E-state index in [1.54, 1.807) is 0 Å². The number of amides is 1. The van der Waals surface area contributed by atoms with Crippen LogP contribution in [0.25, 0.3) is 0 Å². The summed E-state index contributed by atoms with van der Waals surface area (Å²) in [7, 11) is 0. The lowest BCUT2D eigenvalue weighted by atomic mass is 9.75. The van der Waals surface area contributed by atoms with Gasteiger partial charge in [0.25, 0.3) is 0 Å². The van der Waals surface area contributed by atoms with Crippen LogP contribution >= 0.6 is 0 Å². The Balaban J connectivity index is 2.75. The maximum absolute atomic E-state index is 11.8. The molecule has 0 unspecified atom stereocenters. The Labute approximate surface area is 81.2 Å². The van der Waals surface area contributed by atoms with Crippen molar-refractivity contribution in [3.05, 3.63) is 0 Å². The van der Waals surface area contributed by atoms with E-state index in [1.807, 2.05) is 0 Å². The fourth-order valence-corrected chi connectivity index (χ4v) is 1.20. The van der Waals surface area contributed by atoms with Crippen LogP contribution in [0.4, 0.5) is 13.2 Å². The van der Waals surface area contributed by atoms with Gasteiger partial charge >= 0.3 is 18.1 Å². The highest BCUT2D eigenvalue weighted by Gasteiger charge is 2.54. The molecule has 1 aliphatic carbocycles. The Morgan fingerprint density at radius 2 is 1.80 bits per heavy atom. The third-order valence-corrected chi connectivity index (χ3v) is 2.02. The number of halogens is 3. The number of carboxylic acid groups (broad SMARTS) is 1. The Hall–Kier alpha value is -1.60. The normalized spacial score (nSPS) is 19.3. The molecule has 0 aromatic heterocycles. The van der Waals surface area contributed by atoms with Crippen LogP contribution in [0.3, 0.4) is 0 Å². The number of alkyl halides is 3. The second kappa shape index (κ2) is 3.21.